The van der Waals surface area contributed by atoms with E-state index in [0.717, 1.165) is 51.4 Å². The molecule has 5 rings (SSSR count). The zero-order chi connectivity index (χ0) is 22.2. The van der Waals surface area contributed by atoms with E-state index >= 15 is 0 Å². The Balaban J connectivity index is 1.36. The van der Waals surface area contributed by atoms with Crippen LogP contribution in [-0.2, 0) is 10.5 Å². The van der Waals surface area contributed by atoms with Crippen LogP contribution < -0.4 is 4.90 Å². The Hall–Kier alpha value is -2.63. The SMILES string of the molecule is CC(=O)N(c1nc(CSc2nnc(-c3cccs3)n2C2CC2)cs1)c1ccc(F)cc1F. The van der Waals surface area contributed by atoms with Crippen LogP contribution >= 0.6 is 34.4 Å². The fourth-order valence-corrected chi connectivity index (χ4v) is 5.87. The molecule has 0 bridgehead atoms. The summed E-state index contributed by atoms with van der Waals surface area (Å²) in [5.41, 5.74) is 0.716. The molecular weight excluding hydrogens is 472 g/mol. The summed E-state index contributed by atoms with van der Waals surface area (Å²) < 4.78 is 29.8. The summed E-state index contributed by atoms with van der Waals surface area (Å²) in [5.74, 6) is -0.502. The van der Waals surface area contributed by atoms with Crippen LogP contribution in [0, 0.1) is 11.6 Å². The molecule has 4 aromatic rings. The van der Waals surface area contributed by atoms with Crippen molar-refractivity contribution in [3.63, 3.8) is 0 Å². The maximum atomic E-state index is 14.3. The van der Waals surface area contributed by atoms with Gasteiger partial charge in [0, 0.05) is 30.2 Å². The lowest BCUT2D eigenvalue weighted by atomic mass is 10.2. The van der Waals surface area contributed by atoms with Gasteiger partial charge in [0.2, 0.25) is 5.91 Å². The van der Waals surface area contributed by atoms with E-state index in [4.69, 9.17) is 0 Å². The number of amides is 1. The first-order valence-electron chi connectivity index (χ1n) is 9.83. The molecule has 1 amide bonds. The van der Waals surface area contributed by atoms with Gasteiger partial charge in [0.25, 0.3) is 0 Å². The van der Waals surface area contributed by atoms with Crippen LogP contribution in [-0.4, -0.2) is 25.7 Å². The summed E-state index contributed by atoms with van der Waals surface area (Å²) in [4.78, 5) is 19.0. The quantitative estimate of drug-likeness (QED) is 0.296. The molecular formula is C21H17F2N5OS3. The molecule has 11 heteroatoms. The van der Waals surface area contributed by atoms with Gasteiger partial charge < -0.3 is 0 Å². The molecule has 0 N–H and O–H groups in total. The van der Waals surface area contributed by atoms with E-state index in [-0.39, 0.29) is 5.69 Å². The minimum atomic E-state index is -0.815. The van der Waals surface area contributed by atoms with Gasteiger partial charge >= 0.3 is 0 Å². The maximum Gasteiger partial charge on any atom is 0.230 e. The first kappa shape index (κ1) is 21.2. The van der Waals surface area contributed by atoms with Gasteiger partial charge in [-0.2, -0.15) is 0 Å². The van der Waals surface area contributed by atoms with Gasteiger partial charge in [-0.25, -0.2) is 13.8 Å². The van der Waals surface area contributed by atoms with Crippen LogP contribution in [0.1, 0.15) is 31.5 Å². The molecule has 0 radical (unpaired) electrons. The van der Waals surface area contributed by atoms with E-state index in [1.54, 1.807) is 11.3 Å². The fourth-order valence-electron chi connectivity index (χ4n) is 3.28. The van der Waals surface area contributed by atoms with Crippen molar-refractivity contribution >= 4 is 51.2 Å². The topological polar surface area (TPSA) is 63.9 Å². The Morgan fingerprint density at radius 2 is 2.09 bits per heavy atom. The van der Waals surface area contributed by atoms with Crippen molar-refractivity contribution in [3.8, 4) is 10.7 Å². The number of hydrogen-bond acceptors (Lipinski definition) is 7. The molecule has 1 saturated carbocycles. The lowest BCUT2D eigenvalue weighted by Crippen LogP contribution is -2.23. The molecule has 3 heterocycles. The minimum absolute atomic E-state index is 0.0264. The third kappa shape index (κ3) is 4.19. The van der Waals surface area contributed by atoms with Crippen LogP contribution in [0.4, 0.5) is 19.6 Å². The Morgan fingerprint density at radius 1 is 1.25 bits per heavy atom. The van der Waals surface area contributed by atoms with E-state index in [2.05, 4.69) is 19.7 Å². The van der Waals surface area contributed by atoms with E-state index in [0.29, 0.717) is 16.9 Å². The summed E-state index contributed by atoms with van der Waals surface area (Å²) in [5, 5.41) is 13.8. The highest BCUT2D eigenvalue weighted by Crippen LogP contribution is 2.42. The molecule has 0 saturated heterocycles. The predicted octanol–water partition coefficient (Wildman–Crippen LogP) is 6.05. The lowest BCUT2D eigenvalue weighted by molar-refractivity contribution is -0.115. The molecule has 1 aliphatic rings. The monoisotopic (exact) mass is 489 g/mol. The smallest absolute Gasteiger partial charge is 0.230 e. The summed E-state index contributed by atoms with van der Waals surface area (Å²) >= 11 is 4.40. The van der Waals surface area contributed by atoms with Crippen molar-refractivity contribution in [1.82, 2.24) is 19.7 Å². The van der Waals surface area contributed by atoms with Gasteiger partial charge in [-0.15, -0.1) is 32.9 Å². The molecule has 1 aromatic carbocycles. The first-order chi connectivity index (χ1) is 15.5. The Labute approximate surface area is 194 Å². The van der Waals surface area contributed by atoms with E-state index in [9.17, 15) is 13.6 Å². The Kier molecular flexibility index (Phi) is 5.78. The first-order valence-corrected chi connectivity index (χ1v) is 12.6. The summed E-state index contributed by atoms with van der Waals surface area (Å²) in [6.07, 6.45) is 2.23. The number of aromatic nitrogens is 4. The van der Waals surface area contributed by atoms with E-state index in [1.807, 2.05) is 22.9 Å². The number of benzene rings is 1. The van der Waals surface area contributed by atoms with E-state index < -0.39 is 17.5 Å². The Bertz CT molecular complexity index is 1270. The Morgan fingerprint density at radius 3 is 2.78 bits per heavy atom. The minimum Gasteiger partial charge on any atom is -0.298 e. The third-order valence-corrected chi connectivity index (χ3v) is 7.58. The number of hydrogen-bond donors (Lipinski definition) is 0. The number of thiophene rings is 1. The van der Waals surface area contributed by atoms with Crippen molar-refractivity contribution < 1.29 is 13.6 Å². The molecule has 1 fully saturated rings. The predicted molar refractivity (Wildman–Crippen MR) is 122 cm³/mol. The van der Waals surface area contributed by atoms with Crippen LogP contribution in [0.15, 0.2) is 46.2 Å². The lowest BCUT2D eigenvalue weighted by Gasteiger charge is -2.18. The van der Waals surface area contributed by atoms with Gasteiger partial charge in [-0.1, -0.05) is 17.8 Å². The number of halogens is 2. The molecule has 6 nitrogen and oxygen atoms in total. The standard InChI is InChI=1S/C21H17F2N5OS3/c1-12(29)27(17-7-4-13(22)9-16(17)23)20-24-14(10-31-20)11-32-21-26-25-19(18-3-2-8-30-18)28(21)15-5-6-15/h2-4,7-10,15H,5-6,11H2,1H3. The van der Waals surface area contributed by atoms with Crippen molar-refractivity contribution in [2.24, 2.45) is 0 Å². The number of nitrogens with zero attached hydrogens (tertiary/aromatic N) is 5. The molecule has 0 atom stereocenters. The highest BCUT2D eigenvalue weighted by atomic mass is 32.2. The van der Waals surface area contributed by atoms with Gasteiger partial charge in [-0.3, -0.25) is 14.3 Å². The van der Waals surface area contributed by atoms with Crippen molar-refractivity contribution in [2.45, 2.75) is 36.7 Å². The fraction of sp³-hybridized carbons (Fsp3) is 0.238. The van der Waals surface area contributed by atoms with Crippen LogP contribution in [0.3, 0.4) is 0 Å². The van der Waals surface area contributed by atoms with Gasteiger partial charge in [-0.05, 0) is 36.4 Å². The molecule has 0 unspecified atom stereocenters. The number of thioether (sulfide) groups is 1. The molecule has 32 heavy (non-hydrogen) atoms. The largest absolute Gasteiger partial charge is 0.298 e. The van der Waals surface area contributed by atoms with Crippen molar-refractivity contribution in [3.05, 3.63) is 58.4 Å². The second-order valence-electron chi connectivity index (χ2n) is 7.24. The highest BCUT2D eigenvalue weighted by Gasteiger charge is 2.30. The zero-order valence-corrected chi connectivity index (χ0v) is 19.3. The molecule has 0 aliphatic heterocycles. The number of carbonyl (C=O) groups excluding carboxylic acids is 1. The maximum absolute atomic E-state index is 14.3. The molecule has 3 aromatic heterocycles. The second kappa shape index (κ2) is 8.72. The van der Waals surface area contributed by atoms with Crippen molar-refractivity contribution in [2.75, 3.05) is 4.90 Å². The second-order valence-corrected chi connectivity index (χ2v) is 9.97. The highest BCUT2D eigenvalue weighted by molar-refractivity contribution is 7.98. The van der Waals surface area contributed by atoms with Gasteiger partial charge in [0.05, 0.1) is 16.3 Å². The summed E-state index contributed by atoms with van der Waals surface area (Å²) in [6, 6.07) is 7.58. The van der Waals surface area contributed by atoms with Gasteiger partial charge in [0.15, 0.2) is 16.1 Å². The molecule has 164 valence electrons. The average Bonchev–Trinajstić information content (AvgIpc) is 3.16. The zero-order valence-electron chi connectivity index (χ0n) is 16.9. The summed E-state index contributed by atoms with van der Waals surface area (Å²) in [6.45, 7) is 1.32. The summed E-state index contributed by atoms with van der Waals surface area (Å²) in [7, 11) is 0. The van der Waals surface area contributed by atoms with E-state index in [1.165, 1.54) is 36.1 Å². The average molecular weight is 490 g/mol. The number of anilines is 2. The molecule has 1 aliphatic carbocycles. The van der Waals surface area contributed by atoms with Crippen LogP contribution in [0.5, 0.6) is 0 Å². The number of rotatable bonds is 7. The number of carbonyl (C=O) groups is 1. The normalized spacial score (nSPS) is 13.5. The number of thiazole rings is 1. The van der Waals surface area contributed by atoms with Crippen LogP contribution in [0.2, 0.25) is 0 Å². The third-order valence-electron chi connectivity index (χ3n) is 4.86. The van der Waals surface area contributed by atoms with Crippen molar-refractivity contribution in [1.29, 1.82) is 0 Å². The molecule has 0 spiro atoms. The van der Waals surface area contributed by atoms with Gasteiger partial charge in [0.1, 0.15) is 11.6 Å². The van der Waals surface area contributed by atoms with Crippen LogP contribution in [0.25, 0.3) is 10.7 Å².